The van der Waals surface area contributed by atoms with Crippen molar-refractivity contribution in [3.05, 3.63) is 65.2 Å². The van der Waals surface area contributed by atoms with Crippen LogP contribution in [0.5, 0.6) is 5.75 Å². The van der Waals surface area contributed by atoms with Gasteiger partial charge in [-0.25, -0.2) is 4.79 Å². The highest BCUT2D eigenvalue weighted by Crippen LogP contribution is 2.46. The number of carboxylic acids is 1. The Morgan fingerprint density at radius 3 is 2.74 bits per heavy atom. The highest BCUT2D eigenvalue weighted by Gasteiger charge is 2.45. The van der Waals surface area contributed by atoms with Crippen LogP contribution in [0.4, 0.5) is 0 Å². The average Bonchev–Trinajstić information content (AvgIpc) is 2.68. The maximum absolute atomic E-state index is 12.0. The van der Waals surface area contributed by atoms with Crippen LogP contribution >= 0.6 is 0 Å². The Morgan fingerprint density at radius 1 is 1.26 bits per heavy atom. The molecule has 0 amide bonds. The molecule has 5 heteroatoms. The molecular weight excluding hydrogens is 340 g/mol. The largest absolute Gasteiger partial charge is 0.497 e. The first-order valence-corrected chi connectivity index (χ1v) is 9.32. The molecule has 1 heterocycles. The van der Waals surface area contributed by atoms with Gasteiger partial charge >= 0.3 is 5.97 Å². The molecule has 0 spiro atoms. The minimum atomic E-state index is -0.880. The summed E-state index contributed by atoms with van der Waals surface area (Å²) < 4.78 is 5.48. The standard InChI is InChI=1S/C22H28N2O3/c1-24(2)15-17-14-23-12-11-22(17,16-7-6-8-18(13-16)27-3)20-10-5-4-9-19(20)21(25)26/h4-10,13,17,23H,11-12,14-15H2,1-3H3,(H,25,26)/t17-,22+/m1/s1. The van der Waals surface area contributed by atoms with Crippen LogP contribution in [0, 0.1) is 5.92 Å². The molecule has 2 N–H and O–H groups in total. The van der Waals surface area contributed by atoms with Crippen molar-refractivity contribution >= 4 is 5.97 Å². The molecule has 3 rings (SSSR count). The van der Waals surface area contributed by atoms with Gasteiger partial charge in [0.1, 0.15) is 5.75 Å². The van der Waals surface area contributed by atoms with E-state index >= 15 is 0 Å². The number of aromatic carboxylic acids is 1. The lowest BCUT2D eigenvalue weighted by atomic mass is 9.61. The number of nitrogens with zero attached hydrogens (tertiary/aromatic N) is 1. The molecular formula is C22H28N2O3. The summed E-state index contributed by atoms with van der Waals surface area (Å²) in [6.07, 6.45) is 0.836. The van der Waals surface area contributed by atoms with E-state index in [0.29, 0.717) is 5.56 Å². The number of carbonyl (C=O) groups is 1. The molecule has 5 nitrogen and oxygen atoms in total. The van der Waals surface area contributed by atoms with Gasteiger partial charge in [0.25, 0.3) is 0 Å². The van der Waals surface area contributed by atoms with E-state index in [0.717, 1.165) is 42.9 Å². The van der Waals surface area contributed by atoms with E-state index in [1.54, 1.807) is 19.2 Å². The summed E-state index contributed by atoms with van der Waals surface area (Å²) in [7, 11) is 5.79. The lowest BCUT2D eigenvalue weighted by Gasteiger charge is -2.47. The van der Waals surface area contributed by atoms with E-state index in [1.807, 2.05) is 24.3 Å². The number of hydrogen-bond acceptors (Lipinski definition) is 4. The lowest BCUT2D eigenvalue weighted by molar-refractivity contribution is 0.0691. The Labute approximate surface area is 161 Å². The Hall–Kier alpha value is -2.37. The Kier molecular flexibility index (Phi) is 5.82. The topological polar surface area (TPSA) is 61.8 Å². The SMILES string of the molecule is COc1cccc([C@@]2(c3ccccc3C(=O)O)CCNC[C@@H]2CN(C)C)c1. The summed E-state index contributed by atoms with van der Waals surface area (Å²) in [5, 5.41) is 13.4. The summed E-state index contributed by atoms with van der Waals surface area (Å²) in [4.78, 5) is 14.2. The monoisotopic (exact) mass is 368 g/mol. The molecule has 144 valence electrons. The van der Waals surface area contributed by atoms with Gasteiger partial charge in [-0.15, -0.1) is 0 Å². The fraction of sp³-hybridized carbons (Fsp3) is 0.409. The highest BCUT2D eigenvalue weighted by atomic mass is 16.5. The molecule has 0 radical (unpaired) electrons. The second kappa shape index (κ2) is 8.11. The Morgan fingerprint density at radius 2 is 2.04 bits per heavy atom. The van der Waals surface area contributed by atoms with E-state index in [-0.39, 0.29) is 11.3 Å². The fourth-order valence-corrected chi connectivity index (χ4v) is 4.45. The molecule has 2 aromatic carbocycles. The lowest BCUT2D eigenvalue weighted by Crippen LogP contribution is -2.52. The summed E-state index contributed by atoms with van der Waals surface area (Å²) in [6, 6.07) is 15.5. The number of nitrogens with one attached hydrogen (secondary N) is 1. The van der Waals surface area contributed by atoms with Crippen molar-refractivity contribution in [3.8, 4) is 5.75 Å². The van der Waals surface area contributed by atoms with Crippen molar-refractivity contribution in [1.29, 1.82) is 0 Å². The van der Waals surface area contributed by atoms with Crippen molar-refractivity contribution in [1.82, 2.24) is 10.2 Å². The van der Waals surface area contributed by atoms with Gasteiger partial charge in [-0.3, -0.25) is 0 Å². The van der Waals surface area contributed by atoms with Crippen LogP contribution in [0.3, 0.4) is 0 Å². The summed E-state index contributed by atoms with van der Waals surface area (Å²) in [6.45, 7) is 2.54. The molecule has 2 aromatic rings. The van der Waals surface area contributed by atoms with Crippen LogP contribution in [0.15, 0.2) is 48.5 Å². The number of piperidine rings is 1. The molecule has 0 bridgehead atoms. The third kappa shape index (κ3) is 3.70. The molecule has 0 aromatic heterocycles. The van der Waals surface area contributed by atoms with Gasteiger partial charge in [0.2, 0.25) is 0 Å². The van der Waals surface area contributed by atoms with E-state index in [4.69, 9.17) is 4.74 Å². The number of methoxy groups -OCH3 is 1. The molecule has 1 saturated heterocycles. The molecule has 1 aliphatic heterocycles. The molecule has 0 aliphatic carbocycles. The van der Waals surface area contributed by atoms with Gasteiger partial charge in [0.15, 0.2) is 0 Å². The Balaban J connectivity index is 2.27. The zero-order valence-corrected chi connectivity index (χ0v) is 16.2. The first-order chi connectivity index (χ1) is 13.0. The van der Waals surface area contributed by atoms with Crippen LogP contribution in [0.25, 0.3) is 0 Å². The van der Waals surface area contributed by atoms with Gasteiger partial charge in [-0.1, -0.05) is 30.3 Å². The molecule has 2 atom stereocenters. The van der Waals surface area contributed by atoms with Crippen LogP contribution in [0.2, 0.25) is 0 Å². The maximum atomic E-state index is 12.0. The van der Waals surface area contributed by atoms with Gasteiger partial charge in [0, 0.05) is 18.5 Å². The zero-order valence-electron chi connectivity index (χ0n) is 16.2. The second-order valence-electron chi connectivity index (χ2n) is 7.47. The van der Waals surface area contributed by atoms with Gasteiger partial charge < -0.3 is 20.1 Å². The number of benzene rings is 2. The highest BCUT2D eigenvalue weighted by molar-refractivity contribution is 5.90. The predicted octanol–water partition coefficient (Wildman–Crippen LogP) is 2.85. The number of carboxylic acid groups (broad SMARTS) is 1. The smallest absolute Gasteiger partial charge is 0.335 e. The molecule has 27 heavy (non-hydrogen) atoms. The van der Waals surface area contributed by atoms with Crippen LogP contribution in [-0.2, 0) is 5.41 Å². The molecule has 1 fully saturated rings. The predicted molar refractivity (Wildman–Crippen MR) is 107 cm³/mol. The van der Waals surface area contributed by atoms with Gasteiger partial charge in [-0.2, -0.15) is 0 Å². The number of rotatable bonds is 6. The maximum Gasteiger partial charge on any atom is 0.335 e. The van der Waals surface area contributed by atoms with Crippen molar-refractivity contribution < 1.29 is 14.6 Å². The molecule has 0 saturated carbocycles. The Bertz CT molecular complexity index is 806. The van der Waals surface area contributed by atoms with E-state index in [2.05, 4.69) is 36.4 Å². The van der Waals surface area contributed by atoms with Gasteiger partial charge in [0.05, 0.1) is 12.7 Å². The number of hydrogen-bond donors (Lipinski definition) is 2. The first kappa shape index (κ1) is 19.4. The van der Waals surface area contributed by atoms with Gasteiger partial charge in [-0.05, 0) is 62.3 Å². The minimum absolute atomic E-state index is 0.230. The quantitative estimate of drug-likeness (QED) is 0.821. The zero-order chi connectivity index (χ0) is 19.4. The number of ether oxygens (including phenoxy) is 1. The molecule has 1 aliphatic rings. The van der Waals surface area contributed by atoms with E-state index in [9.17, 15) is 9.90 Å². The van der Waals surface area contributed by atoms with Crippen molar-refractivity contribution in [2.45, 2.75) is 11.8 Å². The van der Waals surface area contributed by atoms with Crippen molar-refractivity contribution in [3.63, 3.8) is 0 Å². The van der Waals surface area contributed by atoms with Crippen molar-refractivity contribution in [2.24, 2.45) is 5.92 Å². The normalized spacial score (nSPS) is 22.6. The third-order valence-electron chi connectivity index (χ3n) is 5.59. The van der Waals surface area contributed by atoms with Crippen LogP contribution < -0.4 is 10.1 Å². The molecule has 0 unspecified atom stereocenters. The van der Waals surface area contributed by atoms with Crippen molar-refractivity contribution in [2.75, 3.05) is 40.8 Å². The third-order valence-corrected chi connectivity index (χ3v) is 5.59. The van der Waals surface area contributed by atoms with Crippen LogP contribution in [-0.4, -0.2) is 56.8 Å². The van der Waals surface area contributed by atoms with Crippen LogP contribution in [0.1, 0.15) is 27.9 Å². The minimum Gasteiger partial charge on any atom is -0.497 e. The average molecular weight is 368 g/mol. The first-order valence-electron chi connectivity index (χ1n) is 9.32. The summed E-state index contributed by atoms with van der Waals surface area (Å²) in [5.41, 5.74) is 1.99. The summed E-state index contributed by atoms with van der Waals surface area (Å²) >= 11 is 0. The summed E-state index contributed by atoms with van der Waals surface area (Å²) in [5.74, 6) is 0.144. The van der Waals surface area contributed by atoms with E-state index in [1.165, 1.54) is 0 Å². The second-order valence-corrected chi connectivity index (χ2v) is 7.47. The fourth-order valence-electron chi connectivity index (χ4n) is 4.45. The van der Waals surface area contributed by atoms with E-state index < -0.39 is 5.97 Å².